The first-order chi connectivity index (χ1) is 8.26. The summed E-state index contributed by atoms with van der Waals surface area (Å²) in [5.74, 6) is 0.926. The van der Waals surface area contributed by atoms with E-state index in [-0.39, 0.29) is 12.1 Å². The van der Waals surface area contributed by atoms with Gasteiger partial charge in [0, 0.05) is 32.0 Å². The topological polar surface area (TPSA) is 56.3 Å². The fourth-order valence-corrected chi connectivity index (χ4v) is 2.29. The van der Waals surface area contributed by atoms with Crippen molar-refractivity contribution >= 4 is 0 Å². The predicted octanol–water partition coefficient (Wildman–Crippen LogP) is 0.623. The standard InChI is InChI=1S/C12H22N4O/c1-3-15-7-8-17-10(9-15)11(13)12-14-5-6-16(12)4-2/h5-6,10-11H,3-4,7-9,13H2,1-2H3. The number of morpholine rings is 1. The van der Waals surface area contributed by atoms with Crippen LogP contribution in [0.15, 0.2) is 12.4 Å². The summed E-state index contributed by atoms with van der Waals surface area (Å²) in [5.41, 5.74) is 6.27. The molecule has 1 aliphatic rings. The molecule has 0 spiro atoms. The second-order valence-electron chi connectivity index (χ2n) is 4.40. The van der Waals surface area contributed by atoms with Crippen molar-refractivity contribution in [3.05, 3.63) is 18.2 Å². The van der Waals surface area contributed by atoms with Crippen molar-refractivity contribution in [1.29, 1.82) is 0 Å². The molecule has 5 heteroatoms. The van der Waals surface area contributed by atoms with Gasteiger partial charge < -0.3 is 15.0 Å². The minimum absolute atomic E-state index is 0.0522. The molecule has 2 unspecified atom stereocenters. The molecule has 96 valence electrons. The highest BCUT2D eigenvalue weighted by Crippen LogP contribution is 2.19. The van der Waals surface area contributed by atoms with E-state index in [0.717, 1.165) is 38.6 Å². The van der Waals surface area contributed by atoms with Gasteiger partial charge in [-0.3, -0.25) is 4.90 Å². The third-order valence-electron chi connectivity index (χ3n) is 3.41. The maximum absolute atomic E-state index is 6.27. The van der Waals surface area contributed by atoms with Crippen molar-refractivity contribution in [2.45, 2.75) is 32.5 Å². The molecule has 0 aromatic carbocycles. The van der Waals surface area contributed by atoms with Gasteiger partial charge in [-0.15, -0.1) is 0 Å². The zero-order chi connectivity index (χ0) is 12.3. The van der Waals surface area contributed by atoms with E-state index >= 15 is 0 Å². The van der Waals surface area contributed by atoms with E-state index in [4.69, 9.17) is 10.5 Å². The Morgan fingerprint density at radius 3 is 3.06 bits per heavy atom. The van der Waals surface area contributed by atoms with E-state index in [2.05, 4.69) is 28.3 Å². The molecule has 2 atom stereocenters. The van der Waals surface area contributed by atoms with Crippen molar-refractivity contribution in [3.8, 4) is 0 Å². The van der Waals surface area contributed by atoms with Crippen molar-refractivity contribution < 1.29 is 4.74 Å². The quantitative estimate of drug-likeness (QED) is 0.835. The van der Waals surface area contributed by atoms with E-state index in [1.54, 1.807) is 6.20 Å². The summed E-state index contributed by atoms with van der Waals surface area (Å²) in [6, 6.07) is -0.140. The number of hydrogen-bond acceptors (Lipinski definition) is 4. The number of nitrogens with zero attached hydrogens (tertiary/aromatic N) is 3. The minimum Gasteiger partial charge on any atom is -0.373 e. The lowest BCUT2D eigenvalue weighted by Crippen LogP contribution is -2.47. The van der Waals surface area contributed by atoms with Crippen LogP contribution in [-0.4, -0.2) is 46.8 Å². The largest absolute Gasteiger partial charge is 0.373 e. The van der Waals surface area contributed by atoms with Gasteiger partial charge in [0.2, 0.25) is 0 Å². The van der Waals surface area contributed by atoms with E-state index in [1.807, 2.05) is 6.20 Å². The summed E-state index contributed by atoms with van der Waals surface area (Å²) >= 11 is 0. The number of hydrogen-bond donors (Lipinski definition) is 1. The highest BCUT2D eigenvalue weighted by atomic mass is 16.5. The van der Waals surface area contributed by atoms with Crippen LogP contribution in [0.1, 0.15) is 25.7 Å². The Labute approximate surface area is 103 Å². The van der Waals surface area contributed by atoms with Gasteiger partial charge in [-0.05, 0) is 13.5 Å². The molecular weight excluding hydrogens is 216 g/mol. The van der Waals surface area contributed by atoms with E-state index in [0.29, 0.717) is 0 Å². The predicted molar refractivity (Wildman–Crippen MR) is 66.7 cm³/mol. The molecule has 0 bridgehead atoms. The van der Waals surface area contributed by atoms with Crippen LogP contribution in [0.25, 0.3) is 0 Å². The van der Waals surface area contributed by atoms with Crippen molar-refractivity contribution in [1.82, 2.24) is 14.5 Å². The molecule has 5 nitrogen and oxygen atoms in total. The van der Waals surface area contributed by atoms with Crippen molar-refractivity contribution in [2.75, 3.05) is 26.2 Å². The molecule has 1 saturated heterocycles. The monoisotopic (exact) mass is 238 g/mol. The van der Waals surface area contributed by atoms with E-state index in [1.165, 1.54) is 0 Å². The summed E-state index contributed by atoms with van der Waals surface area (Å²) in [6.07, 6.45) is 3.82. The fourth-order valence-electron chi connectivity index (χ4n) is 2.29. The van der Waals surface area contributed by atoms with Gasteiger partial charge in [0.1, 0.15) is 5.82 Å². The lowest BCUT2D eigenvalue weighted by atomic mass is 10.1. The number of imidazole rings is 1. The second kappa shape index (κ2) is 5.62. The first-order valence-electron chi connectivity index (χ1n) is 6.36. The number of rotatable bonds is 4. The number of aromatic nitrogens is 2. The molecule has 2 N–H and O–H groups in total. The Kier molecular flexibility index (Phi) is 4.15. The number of aryl methyl sites for hydroxylation is 1. The SMILES string of the molecule is CCN1CCOC(C(N)c2nccn2CC)C1. The van der Waals surface area contributed by atoms with Crippen LogP contribution in [0.3, 0.4) is 0 Å². The molecule has 1 fully saturated rings. The molecule has 1 aromatic rings. The van der Waals surface area contributed by atoms with Gasteiger partial charge >= 0.3 is 0 Å². The van der Waals surface area contributed by atoms with Crippen LogP contribution in [-0.2, 0) is 11.3 Å². The van der Waals surface area contributed by atoms with Gasteiger partial charge in [0.25, 0.3) is 0 Å². The minimum atomic E-state index is -0.140. The number of ether oxygens (including phenoxy) is 1. The van der Waals surface area contributed by atoms with Crippen molar-refractivity contribution in [3.63, 3.8) is 0 Å². The lowest BCUT2D eigenvalue weighted by Gasteiger charge is -2.34. The van der Waals surface area contributed by atoms with Crippen LogP contribution in [0.5, 0.6) is 0 Å². The third-order valence-corrected chi connectivity index (χ3v) is 3.41. The maximum atomic E-state index is 6.27. The van der Waals surface area contributed by atoms with Gasteiger partial charge in [0.05, 0.1) is 18.8 Å². The Hall–Kier alpha value is -0.910. The summed E-state index contributed by atoms with van der Waals surface area (Å²) in [6.45, 7) is 8.87. The summed E-state index contributed by atoms with van der Waals surface area (Å²) in [7, 11) is 0. The van der Waals surface area contributed by atoms with Crippen LogP contribution in [0.2, 0.25) is 0 Å². The van der Waals surface area contributed by atoms with Crippen LogP contribution >= 0.6 is 0 Å². The average Bonchev–Trinajstić information content (AvgIpc) is 2.86. The summed E-state index contributed by atoms with van der Waals surface area (Å²) < 4.78 is 7.86. The summed E-state index contributed by atoms with van der Waals surface area (Å²) in [5, 5.41) is 0. The molecule has 1 aromatic heterocycles. The van der Waals surface area contributed by atoms with Gasteiger partial charge in [-0.2, -0.15) is 0 Å². The van der Waals surface area contributed by atoms with E-state index in [9.17, 15) is 0 Å². The van der Waals surface area contributed by atoms with Gasteiger partial charge in [-0.25, -0.2) is 4.98 Å². The third kappa shape index (κ3) is 2.68. The highest BCUT2D eigenvalue weighted by molar-refractivity contribution is 5.02. The molecular formula is C12H22N4O. The average molecular weight is 238 g/mol. The number of likely N-dealkylation sites (N-methyl/N-ethyl adjacent to an activating group) is 1. The number of nitrogens with two attached hydrogens (primary N) is 1. The summed E-state index contributed by atoms with van der Waals surface area (Å²) in [4.78, 5) is 6.72. The zero-order valence-electron chi connectivity index (χ0n) is 10.7. The molecule has 0 radical (unpaired) electrons. The Balaban J connectivity index is 2.06. The first-order valence-corrected chi connectivity index (χ1v) is 6.36. The Morgan fingerprint density at radius 2 is 2.35 bits per heavy atom. The molecule has 0 amide bonds. The van der Waals surface area contributed by atoms with Crippen LogP contribution in [0.4, 0.5) is 0 Å². The Bertz CT molecular complexity index is 352. The highest BCUT2D eigenvalue weighted by Gasteiger charge is 2.28. The van der Waals surface area contributed by atoms with Crippen LogP contribution < -0.4 is 5.73 Å². The Morgan fingerprint density at radius 1 is 1.53 bits per heavy atom. The first kappa shape index (κ1) is 12.5. The van der Waals surface area contributed by atoms with Gasteiger partial charge in [-0.1, -0.05) is 6.92 Å². The molecule has 2 heterocycles. The lowest BCUT2D eigenvalue weighted by molar-refractivity contribution is -0.0409. The smallest absolute Gasteiger partial charge is 0.128 e. The van der Waals surface area contributed by atoms with Crippen molar-refractivity contribution in [2.24, 2.45) is 5.73 Å². The zero-order valence-corrected chi connectivity index (χ0v) is 10.7. The van der Waals surface area contributed by atoms with Crippen LogP contribution in [0, 0.1) is 0 Å². The van der Waals surface area contributed by atoms with E-state index < -0.39 is 0 Å². The fraction of sp³-hybridized carbons (Fsp3) is 0.750. The molecule has 0 aliphatic carbocycles. The molecule has 17 heavy (non-hydrogen) atoms. The van der Waals surface area contributed by atoms with Gasteiger partial charge in [0.15, 0.2) is 0 Å². The normalized spacial score (nSPS) is 23.8. The molecule has 0 saturated carbocycles. The second-order valence-corrected chi connectivity index (χ2v) is 4.40. The molecule has 2 rings (SSSR count). The maximum Gasteiger partial charge on any atom is 0.128 e. The molecule has 1 aliphatic heterocycles.